The summed E-state index contributed by atoms with van der Waals surface area (Å²) < 4.78 is 25.2. The fourth-order valence-corrected chi connectivity index (χ4v) is 3.60. The number of hydrogen-bond acceptors (Lipinski definition) is 5. The molecule has 0 aliphatic carbocycles. The van der Waals surface area contributed by atoms with Crippen LogP contribution >= 0.6 is 0 Å². The van der Waals surface area contributed by atoms with Gasteiger partial charge in [0.2, 0.25) is 15.9 Å². The molecule has 0 saturated heterocycles. The number of carbonyl (C=O) groups excluding carboxylic acids is 1. The molecule has 1 N–H and O–H groups in total. The first kappa shape index (κ1) is 21.4. The van der Waals surface area contributed by atoms with Gasteiger partial charge in [0, 0.05) is 12.1 Å². The second kappa shape index (κ2) is 8.83. The van der Waals surface area contributed by atoms with Crippen LogP contribution in [0.3, 0.4) is 0 Å². The molecule has 0 bridgehead atoms. The number of nitro benzene ring substituents is 1. The predicted octanol–water partition coefficient (Wildman–Crippen LogP) is 2.94. The highest BCUT2D eigenvalue weighted by molar-refractivity contribution is 7.92. The maximum atomic E-state index is 12.6. The van der Waals surface area contributed by atoms with Crippen LogP contribution in [0.25, 0.3) is 0 Å². The maximum absolute atomic E-state index is 12.6. The van der Waals surface area contributed by atoms with Crippen LogP contribution in [0.2, 0.25) is 0 Å². The van der Waals surface area contributed by atoms with Crippen molar-refractivity contribution in [3.63, 3.8) is 0 Å². The standard InChI is InChI=1S/C19H23N3O5S/c1-4-18(15-10-8-14(2)9-11-15)20-19(23)13-21(28(3,26)27)16-6-5-7-17(12-16)22(24)25/h5-12,18H,4,13H2,1-3H3,(H,20,23). The normalized spacial score (nSPS) is 12.2. The molecule has 0 aliphatic heterocycles. The number of hydrogen-bond donors (Lipinski definition) is 1. The predicted molar refractivity (Wildman–Crippen MR) is 108 cm³/mol. The summed E-state index contributed by atoms with van der Waals surface area (Å²) in [6, 6.07) is 12.6. The summed E-state index contributed by atoms with van der Waals surface area (Å²) in [6.45, 7) is 3.41. The van der Waals surface area contributed by atoms with E-state index in [1.165, 1.54) is 18.2 Å². The summed E-state index contributed by atoms with van der Waals surface area (Å²) >= 11 is 0. The SMILES string of the molecule is CCC(NC(=O)CN(c1cccc([N+](=O)[O-])c1)S(C)(=O)=O)c1ccc(C)cc1. The van der Waals surface area contributed by atoms with Crippen LogP contribution in [-0.2, 0) is 14.8 Å². The molecule has 1 unspecified atom stereocenters. The molecule has 150 valence electrons. The third-order valence-corrected chi connectivity index (χ3v) is 5.38. The molecule has 0 fully saturated rings. The molecule has 9 heteroatoms. The monoisotopic (exact) mass is 405 g/mol. The first-order valence-electron chi connectivity index (χ1n) is 8.70. The molecule has 8 nitrogen and oxygen atoms in total. The quantitative estimate of drug-likeness (QED) is 0.536. The number of carbonyl (C=O) groups is 1. The molecule has 0 spiro atoms. The number of rotatable bonds is 8. The Morgan fingerprint density at radius 3 is 2.39 bits per heavy atom. The highest BCUT2D eigenvalue weighted by Crippen LogP contribution is 2.23. The van der Waals surface area contributed by atoms with Gasteiger partial charge >= 0.3 is 0 Å². The van der Waals surface area contributed by atoms with Gasteiger partial charge in [-0.05, 0) is 25.0 Å². The first-order valence-corrected chi connectivity index (χ1v) is 10.5. The first-order chi connectivity index (χ1) is 13.1. The lowest BCUT2D eigenvalue weighted by Crippen LogP contribution is -2.41. The number of nitrogens with zero attached hydrogens (tertiary/aromatic N) is 2. The van der Waals surface area contributed by atoms with Gasteiger partial charge in [-0.2, -0.15) is 0 Å². The van der Waals surface area contributed by atoms with Gasteiger partial charge in [0.25, 0.3) is 5.69 Å². The lowest BCUT2D eigenvalue weighted by atomic mass is 10.0. The lowest BCUT2D eigenvalue weighted by molar-refractivity contribution is -0.384. The zero-order valence-corrected chi connectivity index (χ0v) is 16.8. The van der Waals surface area contributed by atoms with Gasteiger partial charge in [-0.3, -0.25) is 19.2 Å². The smallest absolute Gasteiger partial charge is 0.271 e. The summed E-state index contributed by atoms with van der Waals surface area (Å²) in [5.74, 6) is -0.496. The van der Waals surface area contributed by atoms with Crippen LogP contribution in [0, 0.1) is 17.0 Å². The largest absolute Gasteiger partial charge is 0.348 e. The van der Waals surface area contributed by atoms with Gasteiger partial charge in [-0.25, -0.2) is 8.42 Å². The van der Waals surface area contributed by atoms with Crippen LogP contribution in [0.4, 0.5) is 11.4 Å². The molecule has 0 aliphatic rings. The van der Waals surface area contributed by atoms with E-state index in [-0.39, 0.29) is 17.4 Å². The summed E-state index contributed by atoms with van der Waals surface area (Å²) in [5.41, 5.74) is 1.83. The Morgan fingerprint density at radius 2 is 1.86 bits per heavy atom. The fourth-order valence-electron chi connectivity index (χ4n) is 2.75. The molecule has 0 heterocycles. The summed E-state index contributed by atoms with van der Waals surface area (Å²) in [4.78, 5) is 22.9. The Hall–Kier alpha value is -2.94. The minimum absolute atomic E-state index is 0.0650. The van der Waals surface area contributed by atoms with Crippen molar-refractivity contribution in [3.8, 4) is 0 Å². The average Bonchev–Trinajstić information content (AvgIpc) is 2.64. The van der Waals surface area contributed by atoms with Gasteiger partial charge < -0.3 is 5.32 Å². The number of amides is 1. The van der Waals surface area contributed by atoms with E-state index in [1.807, 2.05) is 38.1 Å². The number of benzene rings is 2. The third kappa shape index (κ3) is 5.53. The van der Waals surface area contributed by atoms with Gasteiger partial charge in [-0.15, -0.1) is 0 Å². The minimum Gasteiger partial charge on any atom is -0.348 e. The summed E-state index contributed by atoms with van der Waals surface area (Å²) in [6.07, 6.45) is 1.58. The Balaban J connectivity index is 2.22. The number of nitrogens with one attached hydrogen (secondary N) is 1. The number of sulfonamides is 1. The van der Waals surface area contributed by atoms with E-state index < -0.39 is 27.4 Å². The van der Waals surface area contributed by atoms with E-state index in [4.69, 9.17) is 0 Å². The molecular formula is C19H23N3O5S. The Morgan fingerprint density at radius 1 is 1.21 bits per heavy atom. The third-order valence-electron chi connectivity index (χ3n) is 4.24. The number of anilines is 1. The molecule has 2 rings (SSSR count). The fraction of sp³-hybridized carbons (Fsp3) is 0.316. The molecule has 0 radical (unpaired) electrons. The van der Waals surface area contributed by atoms with E-state index in [0.717, 1.165) is 27.8 Å². The molecule has 2 aromatic carbocycles. The number of non-ortho nitro benzene ring substituents is 1. The molecule has 28 heavy (non-hydrogen) atoms. The van der Waals surface area contributed by atoms with E-state index >= 15 is 0 Å². The summed E-state index contributed by atoms with van der Waals surface area (Å²) in [7, 11) is -3.82. The van der Waals surface area contributed by atoms with Crippen molar-refractivity contribution in [2.75, 3.05) is 17.1 Å². The van der Waals surface area contributed by atoms with E-state index in [1.54, 1.807) is 0 Å². The van der Waals surface area contributed by atoms with E-state index in [9.17, 15) is 23.3 Å². The molecule has 1 atom stereocenters. The Kier molecular flexibility index (Phi) is 6.74. The van der Waals surface area contributed by atoms with Crippen LogP contribution in [0.15, 0.2) is 48.5 Å². The van der Waals surface area contributed by atoms with Crippen molar-refractivity contribution in [3.05, 3.63) is 69.8 Å². The van der Waals surface area contributed by atoms with Crippen LogP contribution in [-0.4, -0.2) is 32.0 Å². The van der Waals surface area contributed by atoms with Gasteiger partial charge in [0.05, 0.1) is 22.9 Å². The highest BCUT2D eigenvalue weighted by atomic mass is 32.2. The molecule has 0 saturated carbocycles. The van der Waals surface area contributed by atoms with Crippen LogP contribution in [0.1, 0.15) is 30.5 Å². The highest BCUT2D eigenvalue weighted by Gasteiger charge is 2.24. The zero-order chi connectivity index (χ0) is 20.9. The Bertz CT molecular complexity index is 958. The molecule has 1 amide bonds. The average molecular weight is 405 g/mol. The zero-order valence-electron chi connectivity index (χ0n) is 16.0. The topological polar surface area (TPSA) is 110 Å². The van der Waals surface area contributed by atoms with E-state index in [2.05, 4.69) is 5.32 Å². The maximum Gasteiger partial charge on any atom is 0.271 e. The van der Waals surface area contributed by atoms with Crippen molar-refractivity contribution in [1.82, 2.24) is 5.32 Å². The van der Waals surface area contributed by atoms with Gasteiger partial charge in [0.1, 0.15) is 6.54 Å². The van der Waals surface area contributed by atoms with Gasteiger partial charge in [-0.1, -0.05) is 42.8 Å². The molecule has 2 aromatic rings. The molecular weight excluding hydrogens is 382 g/mol. The van der Waals surface area contributed by atoms with Crippen molar-refractivity contribution in [2.45, 2.75) is 26.3 Å². The summed E-state index contributed by atoms with van der Waals surface area (Å²) in [5, 5.41) is 13.8. The van der Waals surface area contributed by atoms with Crippen molar-refractivity contribution < 1.29 is 18.1 Å². The van der Waals surface area contributed by atoms with Crippen LogP contribution in [0.5, 0.6) is 0 Å². The second-order valence-corrected chi connectivity index (χ2v) is 8.39. The van der Waals surface area contributed by atoms with Gasteiger partial charge in [0.15, 0.2) is 0 Å². The van der Waals surface area contributed by atoms with Crippen LogP contribution < -0.4 is 9.62 Å². The number of aryl methyl sites for hydroxylation is 1. The Labute approximate surface area is 164 Å². The van der Waals surface area contributed by atoms with Crippen molar-refractivity contribution in [2.24, 2.45) is 0 Å². The molecule has 0 aromatic heterocycles. The van der Waals surface area contributed by atoms with E-state index in [0.29, 0.717) is 6.42 Å². The lowest BCUT2D eigenvalue weighted by Gasteiger charge is -2.24. The van der Waals surface area contributed by atoms with Crippen molar-refractivity contribution in [1.29, 1.82) is 0 Å². The van der Waals surface area contributed by atoms with Crippen molar-refractivity contribution >= 4 is 27.3 Å². The second-order valence-electron chi connectivity index (χ2n) is 6.49. The minimum atomic E-state index is -3.82. The number of nitro groups is 1.